The molecule has 0 fully saturated rings. The van der Waals surface area contributed by atoms with Crippen LogP contribution in [0, 0.1) is 5.82 Å². The van der Waals surface area contributed by atoms with E-state index in [-0.39, 0.29) is 18.3 Å². The van der Waals surface area contributed by atoms with Crippen molar-refractivity contribution in [3.63, 3.8) is 0 Å². The van der Waals surface area contributed by atoms with Gasteiger partial charge in [0.15, 0.2) is 0 Å². The predicted octanol–water partition coefficient (Wildman–Crippen LogP) is 2.47. The second-order valence-electron chi connectivity index (χ2n) is 5.38. The summed E-state index contributed by atoms with van der Waals surface area (Å²) in [6.45, 7) is 3.83. The number of benzene rings is 1. The highest BCUT2D eigenvalue weighted by molar-refractivity contribution is 7.84. The first-order chi connectivity index (χ1) is 8.86. The van der Waals surface area contributed by atoms with Crippen LogP contribution in [0.3, 0.4) is 0 Å². The van der Waals surface area contributed by atoms with E-state index >= 15 is 0 Å². The molecule has 0 saturated carbocycles. The Morgan fingerprint density at radius 1 is 1.37 bits per heavy atom. The van der Waals surface area contributed by atoms with Crippen molar-refractivity contribution in [2.75, 3.05) is 6.61 Å². The van der Waals surface area contributed by atoms with E-state index in [0.717, 1.165) is 12.0 Å². The van der Waals surface area contributed by atoms with Gasteiger partial charge in [0.05, 0.1) is 15.7 Å². The van der Waals surface area contributed by atoms with Gasteiger partial charge in [-0.1, -0.05) is 12.1 Å². The fourth-order valence-electron chi connectivity index (χ4n) is 2.13. The maximum atomic E-state index is 13.0. The second-order valence-corrected chi connectivity index (χ2v) is 7.08. The summed E-state index contributed by atoms with van der Waals surface area (Å²) in [5.74, 6) is -0.151. The smallest absolute Gasteiger partial charge is 0.123 e. The molecule has 0 aliphatic rings. The number of hydrogen-bond acceptors (Lipinski definition) is 2. The molecule has 3 nitrogen and oxygen atoms in total. The Bertz CT molecular complexity index is 420. The molecule has 108 valence electrons. The molecule has 0 saturated heterocycles. The van der Waals surface area contributed by atoms with Gasteiger partial charge in [-0.3, -0.25) is 5.14 Å². The molecule has 0 aromatic heterocycles. The lowest BCUT2D eigenvalue weighted by atomic mass is 9.86. The van der Waals surface area contributed by atoms with Gasteiger partial charge in [-0.15, -0.1) is 0 Å². The predicted molar refractivity (Wildman–Crippen MR) is 76.5 cm³/mol. The molecule has 0 heterocycles. The fraction of sp³-hybridized carbons (Fsp3) is 0.571. The Morgan fingerprint density at radius 2 is 1.95 bits per heavy atom. The molecule has 1 aromatic carbocycles. The van der Waals surface area contributed by atoms with E-state index in [1.165, 1.54) is 12.1 Å². The zero-order valence-electron chi connectivity index (χ0n) is 11.4. The summed E-state index contributed by atoms with van der Waals surface area (Å²) in [5, 5.41) is 14.5. The molecule has 0 bridgehead atoms. The van der Waals surface area contributed by atoms with Crippen molar-refractivity contribution >= 4 is 11.0 Å². The van der Waals surface area contributed by atoms with Gasteiger partial charge in [0.1, 0.15) is 5.82 Å². The molecular formula is C14H22FNO2S. The molecule has 1 aromatic rings. The van der Waals surface area contributed by atoms with Crippen LogP contribution in [0.15, 0.2) is 24.3 Å². The van der Waals surface area contributed by atoms with Crippen LogP contribution in [-0.2, 0) is 11.0 Å². The Labute approximate surface area is 116 Å². The highest BCUT2D eigenvalue weighted by Gasteiger charge is 2.28. The summed E-state index contributed by atoms with van der Waals surface area (Å²) in [7, 11) is -1.42. The van der Waals surface area contributed by atoms with Gasteiger partial charge >= 0.3 is 0 Å². The summed E-state index contributed by atoms with van der Waals surface area (Å²) >= 11 is 0. The van der Waals surface area contributed by atoms with E-state index in [9.17, 15) is 8.60 Å². The first-order valence-electron chi connectivity index (χ1n) is 6.39. The maximum absolute atomic E-state index is 13.0. The third-order valence-corrected chi connectivity index (χ3v) is 4.59. The molecule has 19 heavy (non-hydrogen) atoms. The van der Waals surface area contributed by atoms with Crippen LogP contribution in [-0.4, -0.2) is 20.7 Å². The number of aliphatic hydroxyl groups excluding tert-OH is 1. The van der Waals surface area contributed by atoms with E-state index in [1.807, 2.05) is 13.8 Å². The molecule has 1 unspecified atom stereocenters. The lowest BCUT2D eigenvalue weighted by molar-refractivity contribution is 0.276. The molecule has 0 aliphatic carbocycles. The van der Waals surface area contributed by atoms with Crippen LogP contribution in [0.4, 0.5) is 4.39 Å². The number of nitrogens with two attached hydrogens (primary N) is 1. The van der Waals surface area contributed by atoms with Crippen LogP contribution in [0.5, 0.6) is 0 Å². The van der Waals surface area contributed by atoms with Gasteiger partial charge in [0, 0.05) is 6.61 Å². The first-order valence-corrected chi connectivity index (χ1v) is 7.60. The van der Waals surface area contributed by atoms with Crippen molar-refractivity contribution < 1.29 is 13.7 Å². The minimum atomic E-state index is -1.42. The third-order valence-electron chi connectivity index (χ3n) is 3.33. The van der Waals surface area contributed by atoms with Crippen LogP contribution >= 0.6 is 0 Å². The van der Waals surface area contributed by atoms with Gasteiger partial charge in [-0.2, -0.15) is 0 Å². The standard InChI is InChI=1S/C14H22FNO2S/c1-14(2,19(16)18)10-12(4-3-9-17)11-5-7-13(15)8-6-11/h5-8,12,17H,3-4,9-10,16H2,1-2H3/t12-,19?/m0/s1. The lowest BCUT2D eigenvalue weighted by Crippen LogP contribution is -2.33. The van der Waals surface area contributed by atoms with Gasteiger partial charge in [0.25, 0.3) is 0 Å². The molecule has 1 rings (SSSR count). The Kier molecular flexibility index (Phi) is 6.10. The Balaban J connectivity index is 2.88. The average Bonchev–Trinajstić information content (AvgIpc) is 2.35. The highest BCUT2D eigenvalue weighted by atomic mass is 32.2. The van der Waals surface area contributed by atoms with Crippen LogP contribution in [0.1, 0.15) is 44.6 Å². The average molecular weight is 287 g/mol. The van der Waals surface area contributed by atoms with Gasteiger partial charge in [-0.05, 0) is 56.7 Å². The molecular weight excluding hydrogens is 265 g/mol. The third kappa shape index (κ3) is 5.01. The normalized spacial score (nSPS) is 15.2. The van der Waals surface area contributed by atoms with Crippen molar-refractivity contribution in [2.45, 2.75) is 43.8 Å². The second kappa shape index (κ2) is 7.12. The summed E-state index contributed by atoms with van der Waals surface area (Å²) in [5.41, 5.74) is 0.994. The van der Waals surface area contributed by atoms with Crippen LogP contribution in [0.2, 0.25) is 0 Å². The minimum Gasteiger partial charge on any atom is -0.396 e. The fourth-order valence-corrected chi connectivity index (χ4v) is 2.50. The molecule has 0 spiro atoms. The Morgan fingerprint density at radius 3 is 2.42 bits per heavy atom. The van der Waals surface area contributed by atoms with E-state index in [4.69, 9.17) is 10.2 Å². The van der Waals surface area contributed by atoms with Crippen molar-refractivity contribution in [3.8, 4) is 0 Å². The Hall–Kier alpha value is -0.780. The summed E-state index contributed by atoms with van der Waals surface area (Å²) < 4.78 is 24.0. The largest absolute Gasteiger partial charge is 0.396 e. The van der Waals surface area contributed by atoms with E-state index in [1.54, 1.807) is 12.1 Å². The van der Waals surface area contributed by atoms with Gasteiger partial charge in [-0.25, -0.2) is 8.60 Å². The summed E-state index contributed by atoms with van der Waals surface area (Å²) in [6.07, 6.45) is 2.07. The minimum absolute atomic E-state index is 0.115. The number of halogens is 1. The first kappa shape index (κ1) is 16.3. The SMILES string of the molecule is CC(C)(C[C@H](CCCO)c1ccc(F)cc1)S(N)=O. The highest BCUT2D eigenvalue weighted by Crippen LogP contribution is 2.32. The van der Waals surface area contributed by atoms with E-state index in [2.05, 4.69) is 0 Å². The summed E-state index contributed by atoms with van der Waals surface area (Å²) in [4.78, 5) is 0. The quantitative estimate of drug-likeness (QED) is 0.809. The van der Waals surface area contributed by atoms with Gasteiger partial charge in [0.2, 0.25) is 0 Å². The van der Waals surface area contributed by atoms with Crippen LogP contribution < -0.4 is 5.14 Å². The molecule has 0 radical (unpaired) electrons. The monoisotopic (exact) mass is 287 g/mol. The van der Waals surface area contributed by atoms with E-state index in [0.29, 0.717) is 12.8 Å². The number of hydrogen-bond donors (Lipinski definition) is 2. The molecule has 5 heteroatoms. The van der Waals surface area contributed by atoms with Crippen molar-refractivity contribution in [2.24, 2.45) is 5.14 Å². The zero-order chi connectivity index (χ0) is 14.5. The van der Waals surface area contributed by atoms with Crippen LogP contribution in [0.25, 0.3) is 0 Å². The van der Waals surface area contributed by atoms with Crippen molar-refractivity contribution in [1.29, 1.82) is 0 Å². The van der Waals surface area contributed by atoms with Gasteiger partial charge < -0.3 is 5.11 Å². The lowest BCUT2D eigenvalue weighted by Gasteiger charge is -2.27. The number of aliphatic hydroxyl groups is 1. The van der Waals surface area contributed by atoms with Crippen molar-refractivity contribution in [1.82, 2.24) is 0 Å². The van der Waals surface area contributed by atoms with Crippen molar-refractivity contribution in [3.05, 3.63) is 35.6 Å². The molecule has 3 N–H and O–H groups in total. The summed E-state index contributed by atoms with van der Waals surface area (Å²) in [6, 6.07) is 6.33. The molecule has 0 amide bonds. The topological polar surface area (TPSA) is 63.3 Å². The molecule has 2 atom stereocenters. The van der Waals surface area contributed by atoms with E-state index < -0.39 is 15.7 Å². The maximum Gasteiger partial charge on any atom is 0.123 e. The molecule has 0 aliphatic heterocycles. The zero-order valence-corrected chi connectivity index (χ0v) is 12.3. The number of rotatable bonds is 7.